The molecule has 7 unspecified atom stereocenters. The van der Waals surface area contributed by atoms with E-state index < -0.39 is 0 Å². The van der Waals surface area contributed by atoms with Gasteiger partial charge in [0.05, 0.1) is 12.0 Å². The Morgan fingerprint density at radius 1 is 1.14 bits per heavy atom. The van der Waals surface area contributed by atoms with Gasteiger partial charge in [0.2, 0.25) is 0 Å². The standard InChI is InChI=1S/C11H14O3/c12-9-4-1-5-3-6(9)8-7(2-4)10(5)14-11(8)13/h4-10,12H,1-3H2. The predicted octanol–water partition coefficient (Wildman–Crippen LogP) is 0.565. The molecule has 3 nitrogen and oxygen atoms in total. The Morgan fingerprint density at radius 2 is 1.93 bits per heavy atom. The van der Waals surface area contributed by atoms with E-state index in [0.29, 0.717) is 17.8 Å². The van der Waals surface area contributed by atoms with E-state index in [2.05, 4.69) is 0 Å². The van der Waals surface area contributed by atoms with Crippen LogP contribution in [0.25, 0.3) is 0 Å². The predicted molar refractivity (Wildman–Crippen MR) is 47.2 cm³/mol. The zero-order chi connectivity index (χ0) is 9.45. The molecule has 0 aromatic rings. The van der Waals surface area contributed by atoms with Crippen molar-refractivity contribution in [3.8, 4) is 0 Å². The third-order valence-corrected chi connectivity index (χ3v) is 5.01. The number of aliphatic hydroxyl groups excluding tert-OH is 1. The second kappa shape index (κ2) is 2.16. The molecule has 4 aliphatic carbocycles. The lowest BCUT2D eigenvalue weighted by Crippen LogP contribution is -2.56. The number of rotatable bonds is 0. The summed E-state index contributed by atoms with van der Waals surface area (Å²) in [6.45, 7) is 0. The molecule has 6 bridgehead atoms. The average molecular weight is 194 g/mol. The first-order valence-corrected chi connectivity index (χ1v) is 5.64. The van der Waals surface area contributed by atoms with E-state index in [1.165, 1.54) is 0 Å². The molecule has 5 aliphatic rings. The van der Waals surface area contributed by atoms with Crippen molar-refractivity contribution in [2.45, 2.75) is 31.5 Å². The van der Waals surface area contributed by atoms with Gasteiger partial charge in [-0.15, -0.1) is 0 Å². The van der Waals surface area contributed by atoms with Crippen molar-refractivity contribution in [3.63, 3.8) is 0 Å². The third-order valence-electron chi connectivity index (χ3n) is 5.01. The molecule has 1 saturated heterocycles. The van der Waals surface area contributed by atoms with E-state index in [1.807, 2.05) is 0 Å². The minimum atomic E-state index is -0.223. The number of carbonyl (C=O) groups is 1. The largest absolute Gasteiger partial charge is 0.462 e. The maximum absolute atomic E-state index is 11.6. The molecule has 14 heavy (non-hydrogen) atoms. The van der Waals surface area contributed by atoms with Crippen LogP contribution in [0.1, 0.15) is 19.3 Å². The zero-order valence-electron chi connectivity index (χ0n) is 7.93. The Hall–Kier alpha value is -0.570. The highest BCUT2D eigenvalue weighted by molar-refractivity contribution is 5.76. The molecule has 5 rings (SSSR count). The second-order valence-corrected chi connectivity index (χ2v) is 5.47. The number of ether oxygens (including phenoxy) is 1. The Kier molecular flexibility index (Phi) is 1.19. The van der Waals surface area contributed by atoms with Gasteiger partial charge in [0.15, 0.2) is 0 Å². The highest BCUT2D eigenvalue weighted by atomic mass is 16.6. The van der Waals surface area contributed by atoms with Crippen molar-refractivity contribution < 1.29 is 14.6 Å². The molecule has 0 radical (unpaired) electrons. The maximum Gasteiger partial charge on any atom is 0.310 e. The summed E-state index contributed by atoms with van der Waals surface area (Å²) in [7, 11) is 0. The van der Waals surface area contributed by atoms with Gasteiger partial charge in [-0.25, -0.2) is 0 Å². The van der Waals surface area contributed by atoms with Gasteiger partial charge in [-0.1, -0.05) is 0 Å². The van der Waals surface area contributed by atoms with E-state index >= 15 is 0 Å². The van der Waals surface area contributed by atoms with Crippen LogP contribution in [0.5, 0.6) is 0 Å². The number of carbonyl (C=O) groups excluding carboxylic acids is 1. The van der Waals surface area contributed by atoms with Crippen LogP contribution in [0.3, 0.4) is 0 Å². The van der Waals surface area contributed by atoms with E-state index in [1.54, 1.807) is 0 Å². The van der Waals surface area contributed by atoms with E-state index in [4.69, 9.17) is 4.74 Å². The van der Waals surface area contributed by atoms with Crippen molar-refractivity contribution >= 4 is 5.97 Å². The number of esters is 1. The van der Waals surface area contributed by atoms with Gasteiger partial charge in [-0.3, -0.25) is 4.79 Å². The van der Waals surface area contributed by atoms with Crippen molar-refractivity contribution in [1.29, 1.82) is 0 Å². The molecule has 1 N–H and O–H groups in total. The fourth-order valence-electron chi connectivity index (χ4n) is 4.57. The minimum absolute atomic E-state index is 0.0214. The van der Waals surface area contributed by atoms with Crippen molar-refractivity contribution in [2.75, 3.05) is 0 Å². The molecular formula is C11H14O3. The monoisotopic (exact) mass is 194 g/mol. The van der Waals surface area contributed by atoms with Gasteiger partial charge in [-0.05, 0) is 37.0 Å². The summed E-state index contributed by atoms with van der Waals surface area (Å²) < 4.78 is 5.45. The highest BCUT2D eigenvalue weighted by Crippen LogP contribution is 2.60. The van der Waals surface area contributed by atoms with Gasteiger partial charge in [-0.2, -0.15) is 0 Å². The Morgan fingerprint density at radius 3 is 2.79 bits per heavy atom. The molecule has 0 aromatic carbocycles. The third kappa shape index (κ3) is 0.659. The van der Waals surface area contributed by atoms with Crippen LogP contribution < -0.4 is 0 Å². The number of hydrogen-bond acceptors (Lipinski definition) is 3. The molecule has 4 saturated carbocycles. The molecule has 0 aromatic heterocycles. The normalized spacial score (nSPS) is 63.2. The SMILES string of the molecule is O=C1OC2C3CC4CC2C1C(C3)C4O. The molecule has 0 amide bonds. The summed E-state index contributed by atoms with van der Waals surface area (Å²) in [5.74, 6) is 1.73. The zero-order valence-corrected chi connectivity index (χ0v) is 7.93. The summed E-state index contributed by atoms with van der Waals surface area (Å²) in [6.07, 6.45) is 3.12. The number of hydrogen-bond donors (Lipinski definition) is 1. The van der Waals surface area contributed by atoms with Crippen LogP contribution >= 0.6 is 0 Å². The van der Waals surface area contributed by atoms with E-state index in [9.17, 15) is 9.90 Å². The summed E-state index contributed by atoms with van der Waals surface area (Å²) >= 11 is 0. The minimum Gasteiger partial charge on any atom is -0.462 e. The smallest absolute Gasteiger partial charge is 0.310 e. The lowest BCUT2D eigenvalue weighted by Gasteiger charge is -2.53. The summed E-state index contributed by atoms with van der Waals surface area (Å²) in [5.41, 5.74) is 0. The molecule has 5 fully saturated rings. The van der Waals surface area contributed by atoms with Crippen LogP contribution in [0.2, 0.25) is 0 Å². The quantitative estimate of drug-likeness (QED) is 0.573. The van der Waals surface area contributed by atoms with E-state index in [-0.39, 0.29) is 30.0 Å². The van der Waals surface area contributed by atoms with Crippen molar-refractivity contribution in [2.24, 2.45) is 29.6 Å². The fraction of sp³-hybridized carbons (Fsp3) is 0.909. The van der Waals surface area contributed by atoms with Crippen molar-refractivity contribution in [1.82, 2.24) is 0 Å². The van der Waals surface area contributed by atoms with Crippen LogP contribution in [-0.2, 0) is 9.53 Å². The first kappa shape index (κ1) is 7.69. The van der Waals surface area contributed by atoms with Crippen LogP contribution in [-0.4, -0.2) is 23.3 Å². The molecule has 0 spiro atoms. The van der Waals surface area contributed by atoms with Gasteiger partial charge < -0.3 is 9.84 Å². The summed E-state index contributed by atoms with van der Waals surface area (Å²) in [5, 5.41) is 10.1. The Labute approximate surface area is 82.4 Å². The second-order valence-electron chi connectivity index (χ2n) is 5.47. The molecule has 1 heterocycles. The van der Waals surface area contributed by atoms with Gasteiger partial charge >= 0.3 is 5.97 Å². The Bertz CT molecular complexity index is 314. The molecule has 76 valence electrons. The lowest BCUT2D eigenvalue weighted by molar-refractivity contribution is -0.145. The summed E-state index contributed by atoms with van der Waals surface area (Å²) in [6, 6.07) is 0. The first-order chi connectivity index (χ1) is 6.75. The molecule has 1 aliphatic heterocycles. The summed E-state index contributed by atoms with van der Waals surface area (Å²) in [4.78, 5) is 11.6. The fourth-order valence-corrected chi connectivity index (χ4v) is 4.57. The van der Waals surface area contributed by atoms with Crippen molar-refractivity contribution in [3.05, 3.63) is 0 Å². The highest BCUT2D eigenvalue weighted by Gasteiger charge is 2.64. The van der Waals surface area contributed by atoms with E-state index in [0.717, 1.165) is 19.3 Å². The maximum atomic E-state index is 11.6. The lowest BCUT2D eigenvalue weighted by atomic mass is 9.50. The van der Waals surface area contributed by atoms with Gasteiger partial charge in [0.1, 0.15) is 6.10 Å². The van der Waals surface area contributed by atoms with Crippen LogP contribution in [0.4, 0.5) is 0 Å². The Balaban J connectivity index is 1.85. The topological polar surface area (TPSA) is 46.5 Å². The molecule has 7 atom stereocenters. The van der Waals surface area contributed by atoms with Gasteiger partial charge in [0, 0.05) is 5.92 Å². The van der Waals surface area contributed by atoms with Gasteiger partial charge in [0.25, 0.3) is 0 Å². The van der Waals surface area contributed by atoms with Crippen LogP contribution in [0, 0.1) is 29.6 Å². The molecule has 3 heteroatoms. The average Bonchev–Trinajstić information content (AvgIpc) is 2.39. The molecular weight excluding hydrogens is 180 g/mol. The van der Waals surface area contributed by atoms with Crippen LogP contribution in [0.15, 0.2) is 0 Å². The first-order valence-electron chi connectivity index (χ1n) is 5.64. The number of aliphatic hydroxyl groups is 1.